The lowest BCUT2D eigenvalue weighted by atomic mass is 9.98. The van der Waals surface area contributed by atoms with Gasteiger partial charge in [0.1, 0.15) is 5.82 Å². The molecule has 0 atom stereocenters. The molecule has 0 saturated carbocycles. The molecule has 0 bridgehead atoms. The summed E-state index contributed by atoms with van der Waals surface area (Å²) in [5.74, 6) is -0.314. The highest BCUT2D eigenvalue weighted by molar-refractivity contribution is 6.06. The minimum atomic E-state index is -0.278. The molecule has 5 rings (SSSR count). The summed E-state index contributed by atoms with van der Waals surface area (Å²) >= 11 is 0. The Balaban J connectivity index is 1.30. The molecule has 0 radical (unpaired) electrons. The van der Waals surface area contributed by atoms with Crippen LogP contribution in [0.3, 0.4) is 0 Å². The van der Waals surface area contributed by atoms with Crippen molar-refractivity contribution in [2.24, 2.45) is 0 Å². The number of hydrogen-bond acceptors (Lipinski definition) is 3. The summed E-state index contributed by atoms with van der Waals surface area (Å²) in [5.41, 5.74) is 5.50. The van der Waals surface area contributed by atoms with Crippen LogP contribution in [0.1, 0.15) is 40.7 Å². The minimum Gasteiger partial charge on any atom is -0.308 e. The molecule has 0 N–H and O–H groups in total. The number of benzene rings is 2. The van der Waals surface area contributed by atoms with Crippen molar-refractivity contribution in [3.63, 3.8) is 0 Å². The van der Waals surface area contributed by atoms with E-state index < -0.39 is 0 Å². The molecule has 0 unspecified atom stereocenters. The van der Waals surface area contributed by atoms with Crippen LogP contribution in [0.4, 0.5) is 10.1 Å². The molecule has 33 heavy (non-hydrogen) atoms. The Bertz CT molecular complexity index is 1150. The number of aryl methyl sites for hydroxylation is 1. The van der Waals surface area contributed by atoms with E-state index in [1.54, 1.807) is 24.4 Å². The van der Waals surface area contributed by atoms with Crippen molar-refractivity contribution in [3.05, 3.63) is 89.4 Å². The Morgan fingerprint density at radius 3 is 2.55 bits per heavy atom. The summed E-state index contributed by atoms with van der Waals surface area (Å²) in [5, 5.41) is 0. The van der Waals surface area contributed by atoms with Crippen LogP contribution in [0, 0.1) is 5.82 Å². The lowest BCUT2D eigenvalue weighted by Crippen LogP contribution is -2.35. The first-order valence-corrected chi connectivity index (χ1v) is 11.7. The average Bonchev–Trinajstić information content (AvgIpc) is 3.37. The highest BCUT2D eigenvalue weighted by Gasteiger charge is 2.24. The number of hydrogen-bond donors (Lipinski definition) is 0. The number of likely N-dealkylation sites (tertiary alicyclic amines) is 1. The molecule has 1 fully saturated rings. The zero-order valence-electron chi connectivity index (χ0n) is 18.7. The molecule has 5 heteroatoms. The summed E-state index contributed by atoms with van der Waals surface area (Å²) in [6, 6.07) is 16.2. The van der Waals surface area contributed by atoms with Gasteiger partial charge in [0.25, 0.3) is 5.91 Å². The molecular weight excluding hydrogens is 413 g/mol. The summed E-state index contributed by atoms with van der Waals surface area (Å²) < 4.78 is 13.2. The lowest BCUT2D eigenvalue weighted by Gasteiger charge is -2.30. The molecule has 0 spiro atoms. The molecule has 2 aromatic carbocycles. The number of fused-ring (bicyclic) bond motifs is 1. The Labute approximate surface area is 194 Å². The zero-order valence-corrected chi connectivity index (χ0v) is 18.7. The number of anilines is 1. The fraction of sp³-hybridized carbons (Fsp3) is 0.286. The number of aromatic nitrogens is 1. The van der Waals surface area contributed by atoms with Crippen LogP contribution < -0.4 is 4.90 Å². The minimum absolute atomic E-state index is 0.0357. The van der Waals surface area contributed by atoms with Crippen molar-refractivity contribution < 1.29 is 9.18 Å². The Morgan fingerprint density at radius 1 is 0.970 bits per heavy atom. The molecular formula is C28H28FN3O. The first-order valence-electron chi connectivity index (χ1n) is 11.7. The molecule has 168 valence electrons. The fourth-order valence-corrected chi connectivity index (χ4v) is 4.70. The third kappa shape index (κ3) is 4.88. The van der Waals surface area contributed by atoms with E-state index in [-0.39, 0.29) is 11.7 Å². The number of rotatable bonds is 5. The molecule has 3 heterocycles. The molecule has 1 aromatic heterocycles. The van der Waals surface area contributed by atoms with Gasteiger partial charge in [0.2, 0.25) is 0 Å². The molecule has 2 aliphatic heterocycles. The van der Waals surface area contributed by atoms with Crippen LogP contribution in [0.5, 0.6) is 0 Å². The van der Waals surface area contributed by atoms with Gasteiger partial charge in [0.15, 0.2) is 0 Å². The molecule has 4 nitrogen and oxygen atoms in total. The van der Waals surface area contributed by atoms with Crippen LogP contribution in [0.2, 0.25) is 0 Å². The maximum atomic E-state index is 13.3. The number of halogens is 1. The second kappa shape index (κ2) is 9.67. The van der Waals surface area contributed by atoms with Crippen molar-refractivity contribution in [2.45, 2.75) is 25.7 Å². The predicted octanol–water partition coefficient (Wildman–Crippen LogP) is 5.59. The van der Waals surface area contributed by atoms with Gasteiger partial charge in [-0.25, -0.2) is 4.39 Å². The third-order valence-electron chi connectivity index (χ3n) is 6.49. The van der Waals surface area contributed by atoms with Crippen molar-refractivity contribution in [1.82, 2.24) is 9.88 Å². The number of carbonyl (C=O) groups is 1. The normalized spacial score (nSPS) is 16.3. The van der Waals surface area contributed by atoms with E-state index in [9.17, 15) is 9.18 Å². The maximum absolute atomic E-state index is 13.3. The van der Waals surface area contributed by atoms with Crippen LogP contribution >= 0.6 is 0 Å². The van der Waals surface area contributed by atoms with E-state index in [4.69, 9.17) is 0 Å². The van der Waals surface area contributed by atoms with Crippen LogP contribution in [0.15, 0.2) is 66.9 Å². The third-order valence-corrected chi connectivity index (χ3v) is 6.49. The fourth-order valence-electron chi connectivity index (χ4n) is 4.70. The molecule has 1 amide bonds. The van der Waals surface area contributed by atoms with Crippen molar-refractivity contribution in [2.75, 3.05) is 31.1 Å². The zero-order chi connectivity index (χ0) is 22.6. The van der Waals surface area contributed by atoms with Gasteiger partial charge < -0.3 is 4.90 Å². The van der Waals surface area contributed by atoms with E-state index in [1.165, 1.54) is 49.2 Å². The molecule has 3 aromatic rings. The van der Waals surface area contributed by atoms with Gasteiger partial charge in [0, 0.05) is 30.5 Å². The summed E-state index contributed by atoms with van der Waals surface area (Å²) in [6.07, 6.45) is 10.6. The molecule has 2 aliphatic rings. The molecule has 0 aliphatic carbocycles. The van der Waals surface area contributed by atoms with E-state index in [1.807, 2.05) is 11.0 Å². The Morgan fingerprint density at radius 2 is 1.79 bits per heavy atom. The first kappa shape index (κ1) is 21.5. The first-order chi connectivity index (χ1) is 16.2. The monoisotopic (exact) mass is 441 g/mol. The van der Waals surface area contributed by atoms with E-state index in [0.29, 0.717) is 12.1 Å². The molecule has 1 saturated heterocycles. The van der Waals surface area contributed by atoms with E-state index >= 15 is 0 Å². The van der Waals surface area contributed by atoms with Crippen LogP contribution in [-0.2, 0) is 6.42 Å². The lowest BCUT2D eigenvalue weighted by molar-refractivity contribution is 0.0985. The standard InChI is InChI=1S/C28H28FN3O/c29-25-11-8-22(9-12-25)26-13-10-24(20-30-26)28(33)32-18-4-6-23-19-21(7-14-27(23)32)5-3-17-31-15-1-2-16-31/h3,5,7-14,19-20H,1-2,4,6,15-18H2/b5-3+. The average molecular weight is 442 g/mol. The van der Waals surface area contributed by atoms with Crippen LogP contribution in [0.25, 0.3) is 17.3 Å². The summed E-state index contributed by atoms with van der Waals surface area (Å²) in [6.45, 7) is 4.11. The Hall–Kier alpha value is -3.31. The highest BCUT2D eigenvalue weighted by Crippen LogP contribution is 2.30. The van der Waals surface area contributed by atoms with E-state index in [2.05, 4.69) is 40.2 Å². The van der Waals surface area contributed by atoms with Crippen molar-refractivity contribution >= 4 is 17.7 Å². The second-order valence-corrected chi connectivity index (χ2v) is 8.80. The second-order valence-electron chi connectivity index (χ2n) is 8.80. The summed E-state index contributed by atoms with van der Waals surface area (Å²) in [7, 11) is 0. The van der Waals surface area contributed by atoms with Crippen molar-refractivity contribution in [3.8, 4) is 11.3 Å². The Kier molecular flexibility index (Phi) is 6.31. The predicted molar refractivity (Wildman–Crippen MR) is 131 cm³/mol. The van der Waals surface area contributed by atoms with Gasteiger partial charge in [0.05, 0.1) is 11.3 Å². The largest absolute Gasteiger partial charge is 0.308 e. The smallest absolute Gasteiger partial charge is 0.259 e. The van der Waals surface area contributed by atoms with Gasteiger partial charge in [-0.1, -0.05) is 18.2 Å². The number of pyridine rings is 1. The number of nitrogens with zero attached hydrogens (tertiary/aromatic N) is 3. The summed E-state index contributed by atoms with van der Waals surface area (Å²) in [4.78, 5) is 22.1. The quantitative estimate of drug-likeness (QED) is 0.518. The van der Waals surface area contributed by atoms with Crippen LogP contribution in [-0.4, -0.2) is 42.0 Å². The van der Waals surface area contributed by atoms with Gasteiger partial charge in [-0.3, -0.25) is 14.7 Å². The van der Waals surface area contributed by atoms with E-state index in [0.717, 1.165) is 36.3 Å². The SMILES string of the molecule is O=C(c1ccc(-c2ccc(F)cc2)nc1)N1CCCc2cc(/C=C/CN3CCCC3)ccc21. The van der Waals surface area contributed by atoms with Gasteiger partial charge in [-0.05, 0) is 98.4 Å². The van der Waals surface area contributed by atoms with Gasteiger partial charge in [-0.2, -0.15) is 0 Å². The number of amides is 1. The number of carbonyl (C=O) groups excluding carboxylic acids is 1. The van der Waals surface area contributed by atoms with Gasteiger partial charge in [-0.15, -0.1) is 0 Å². The highest BCUT2D eigenvalue weighted by atomic mass is 19.1. The maximum Gasteiger partial charge on any atom is 0.259 e. The topological polar surface area (TPSA) is 36.4 Å². The van der Waals surface area contributed by atoms with Gasteiger partial charge >= 0.3 is 0 Å². The van der Waals surface area contributed by atoms with Crippen molar-refractivity contribution in [1.29, 1.82) is 0 Å².